The highest BCUT2D eigenvalue weighted by atomic mass is 16.5. The van der Waals surface area contributed by atoms with Gasteiger partial charge in [-0.05, 0) is 42.8 Å². The van der Waals surface area contributed by atoms with Crippen molar-refractivity contribution in [1.82, 2.24) is 9.66 Å². The zero-order valence-electron chi connectivity index (χ0n) is 14.1. The number of benzene rings is 2. The van der Waals surface area contributed by atoms with Gasteiger partial charge in [-0.2, -0.15) is 0 Å². The molecule has 1 heterocycles. The molecule has 1 aromatic heterocycles. The maximum Gasteiger partial charge on any atom is 0.262 e. The predicted molar refractivity (Wildman–Crippen MR) is 97.3 cm³/mol. The minimum absolute atomic E-state index is 0.254. The largest absolute Gasteiger partial charge is 0.493 e. The number of imidazole rings is 1. The Morgan fingerprint density at radius 2 is 2.08 bits per heavy atom. The Morgan fingerprint density at radius 1 is 1.24 bits per heavy atom. The van der Waals surface area contributed by atoms with Crippen molar-refractivity contribution < 1.29 is 14.3 Å². The standard InChI is InChI=1S/C19H19N3O3/c1-3-25-17-10-8-14(12-18(17)24-2)9-11-19(23)21-22-13-20-15-6-4-5-7-16(15)22/h4-13H,3H2,1-2H3,(H,21,23)/b11-9+. The van der Waals surface area contributed by atoms with Gasteiger partial charge in [0.1, 0.15) is 6.33 Å². The summed E-state index contributed by atoms with van der Waals surface area (Å²) < 4.78 is 12.4. The summed E-state index contributed by atoms with van der Waals surface area (Å²) in [7, 11) is 1.59. The third-order valence-corrected chi connectivity index (χ3v) is 3.60. The second-order valence-electron chi connectivity index (χ2n) is 5.26. The van der Waals surface area contributed by atoms with Crippen LogP contribution in [-0.2, 0) is 4.79 Å². The van der Waals surface area contributed by atoms with Crippen LogP contribution >= 0.6 is 0 Å². The van der Waals surface area contributed by atoms with Crippen molar-refractivity contribution in [1.29, 1.82) is 0 Å². The topological polar surface area (TPSA) is 65.4 Å². The maximum atomic E-state index is 12.1. The maximum absolute atomic E-state index is 12.1. The first-order chi connectivity index (χ1) is 12.2. The fourth-order valence-electron chi connectivity index (χ4n) is 2.44. The molecule has 0 bridgehead atoms. The number of nitrogens with one attached hydrogen (secondary N) is 1. The molecule has 6 nitrogen and oxygen atoms in total. The second-order valence-corrected chi connectivity index (χ2v) is 5.26. The van der Waals surface area contributed by atoms with Gasteiger partial charge in [0, 0.05) is 6.08 Å². The highest BCUT2D eigenvalue weighted by Gasteiger charge is 2.05. The molecule has 128 valence electrons. The Kier molecular flexibility index (Phi) is 4.99. The number of ether oxygens (including phenoxy) is 2. The smallest absolute Gasteiger partial charge is 0.262 e. The molecule has 0 aliphatic carbocycles. The van der Waals surface area contributed by atoms with E-state index >= 15 is 0 Å². The van der Waals surface area contributed by atoms with Crippen LogP contribution in [0.5, 0.6) is 11.5 Å². The monoisotopic (exact) mass is 337 g/mol. The summed E-state index contributed by atoms with van der Waals surface area (Å²) in [6.07, 6.45) is 4.76. The lowest BCUT2D eigenvalue weighted by Crippen LogP contribution is -2.19. The first-order valence-electron chi connectivity index (χ1n) is 7.93. The zero-order chi connectivity index (χ0) is 17.6. The Labute approximate surface area is 145 Å². The van der Waals surface area contributed by atoms with Crippen LogP contribution in [0.25, 0.3) is 17.1 Å². The number of nitrogens with zero attached hydrogens (tertiary/aromatic N) is 2. The molecule has 0 atom stereocenters. The van der Waals surface area contributed by atoms with Crippen LogP contribution < -0.4 is 14.9 Å². The van der Waals surface area contributed by atoms with Gasteiger partial charge in [0.15, 0.2) is 11.5 Å². The van der Waals surface area contributed by atoms with Crippen molar-refractivity contribution >= 4 is 23.0 Å². The molecule has 6 heteroatoms. The quantitative estimate of drug-likeness (QED) is 0.701. The summed E-state index contributed by atoms with van der Waals surface area (Å²) >= 11 is 0. The highest BCUT2D eigenvalue weighted by molar-refractivity contribution is 5.98. The van der Waals surface area contributed by atoms with E-state index in [1.54, 1.807) is 24.2 Å². The van der Waals surface area contributed by atoms with Crippen molar-refractivity contribution in [3.63, 3.8) is 0 Å². The Morgan fingerprint density at radius 3 is 2.88 bits per heavy atom. The number of carbonyl (C=O) groups excluding carboxylic acids is 1. The third kappa shape index (κ3) is 3.80. The summed E-state index contributed by atoms with van der Waals surface area (Å²) in [5.74, 6) is 1.05. The van der Waals surface area contributed by atoms with E-state index in [0.29, 0.717) is 18.1 Å². The summed E-state index contributed by atoms with van der Waals surface area (Å²) in [5, 5.41) is 0. The molecular formula is C19H19N3O3. The normalized spacial score (nSPS) is 11.0. The molecule has 0 aliphatic rings. The molecule has 3 aromatic rings. The highest BCUT2D eigenvalue weighted by Crippen LogP contribution is 2.28. The molecule has 0 unspecified atom stereocenters. The van der Waals surface area contributed by atoms with E-state index in [0.717, 1.165) is 16.6 Å². The van der Waals surface area contributed by atoms with Crippen molar-refractivity contribution in [2.45, 2.75) is 6.92 Å². The fourth-order valence-corrected chi connectivity index (χ4v) is 2.44. The van der Waals surface area contributed by atoms with E-state index in [4.69, 9.17) is 9.47 Å². The van der Waals surface area contributed by atoms with Gasteiger partial charge in [0.25, 0.3) is 5.91 Å². The number of methoxy groups -OCH3 is 1. The van der Waals surface area contributed by atoms with E-state index in [9.17, 15) is 4.79 Å². The minimum Gasteiger partial charge on any atom is -0.493 e. The fraction of sp³-hybridized carbons (Fsp3) is 0.158. The molecule has 0 spiro atoms. The Balaban J connectivity index is 1.72. The Bertz CT molecular complexity index is 915. The first kappa shape index (κ1) is 16.6. The van der Waals surface area contributed by atoms with Gasteiger partial charge in [-0.1, -0.05) is 18.2 Å². The lowest BCUT2D eigenvalue weighted by atomic mass is 10.2. The van der Waals surface area contributed by atoms with Crippen LogP contribution in [0.2, 0.25) is 0 Å². The SMILES string of the molecule is CCOc1ccc(/C=C/C(=O)Nn2cnc3ccccc32)cc1OC. The van der Waals surface area contributed by atoms with Crippen molar-refractivity contribution in [3.05, 3.63) is 60.4 Å². The van der Waals surface area contributed by atoms with Gasteiger partial charge >= 0.3 is 0 Å². The van der Waals surface area contributed by atoms with Crippen molar-refractivity contribution in [2.24, 2.45) is 0 Å². The molecule has 1 amide bonds. The molecule has 2 aromatic carbocycles. The van der Waals surface area contributed by atoms with E-state index in [-0.39, 0.29) is 5.91 Å². The van der Waals surface area contributed by atoms with Gasteiger partial charge in [0.05, 0.1) is 24.8 Å². The number of amides is 1. The summed E-state index contributed by atoms with van der Waals surface area (Å²) in [5.41, 5.74) is 5.27. The second kappa shape index (κ2) is 7.53. The lowest BCUT2D eigenvalue weighted by molar-refractivity contribution is -0.112. The van der Waals surface area contributed by atoms with E-state index in [1.165, 1.54) is 6.08 Å². The number of hydrogen-bond acceptors (Lipinski definition) is 4. The van der Waals surface area contributed by atoms with Gasteiger partial charge in [-0.15, -0.1) is 0 Å². The molecule has 0 saturated carbocycles. The first-order valence-corrected chi connectivity index (χ1v) is 7.93. The molecule has 1 N–H and O–H groups in total. The van der Waals surface area contributed by atoms with Crippen LogP contribution in [-0.4, -0.2) is 29.3 Å². The number of carbonyl (C=O) groups is 1. The predicted octanol–water partition coefficient (Wildman–Crippen LogP) is 3.23. The average molecular weight is 337 g/mol. The van der Waals surface area contributed by atoms with Crippen LogP contribution in [0.3, 0.4) is 0 Å². The lowest BCUT2D eigenvalue weighted by Gasteiger charge is -2.09. The molecule has 0 aliphatic heterocycles. The summed E-state index contributed by atoms with van der Waals surface area (Å²) in [6, 6.07) is 13.1. The number of fused-ring (bicyclic) bond motifs is 1. The average Bonchev–Trinajstić information content (AvgIpc) is 3.04. The summed E-state index contributed by atoms with van der Waals surface area (Å²) in [4.78, 5) is 16.4. The molecule has 3 rings (SSSR count). The van der Waals surface area contributed by atoms with Crippen molar-refractivity contribution in [2.75, 3.05) is 19.1 Å². The van der Waals surface area contributed by atoms with Crippen LogP contribution in [0.4, 0.5) is 0 Å². The van der Waals surface area contributed by atoms with E-state index in [2.05, 4.69) is 10.4 Å². The minimum atomic E-state index is -0.254. The molecule has 0 radical (unpaired) electrons. The third-order valence-electron chi connectivity index (χ3n) is 3.60. The van der Waals surface area contributed by atoms with E-state index < -0.39 is 0 Å². The van der Waals surface area contributed by atoms with Crippen LogP contribution in [0.15, 0.2) is 54.9 Å². The van der Waals surface area contributed by atoms with Gasteiger partial charge in [-0.3, -0.25) is 10.2 Å². The Hall–Kier alpha value is -3.28. The molecule has 25 heavy (non-hydrogen) atoms. The van der Waals surface area contributed by atoms with Gasteiger partial charge in [-0.25, -0.2) is 9.66 Å². The molecule has 0 fully saturated rings. The number of aromatic nitrogens is 2. The summed E-state index contributed by atoms with van der Waals surface area (Å²) in [6.45, 7) is 2.48. The van der Waals surface area contributed by atoms with Gasteiger partial charge < -0.3 is 9.47 Å². The zero-order valence-corrected chi connectivity index (χ0v) is 14.1. The molecule has 0 saturated heterocycles. The van der Waals surface area contributed by atoms with Gasteiger partial charge in [0.2, 0.25) is 0 Å². The van der Waals surface area contributed by atoms with Crippen molar-refractivity contribution in [3.8, 4) is 11.5 Å². The number of hydrogen-bond donors (Lipinski definition) is 1. The number of rotatable bonds is 6. The number of para-hydroxylation sites is 2. The van der Waals surface area contributed by atoms with E-state index in [1.807, 2.05) is 49.4 Å². The van der Waals surface area contributed by atoms with Crippen LogP contribution in [0.1, 0.15) is 12.5 Å². The van der Waals surface area contributed by atoms with Crippen LogP contribution in [0, 0.1) is 0 Å². The molecular weight excluding hydrogens is 318 g/mol.